The first-order valence-electron chi connectivity index (χ1n) is 6.92. The van der Waals surface area contributed by atoms with E-state index in [4.69, 9.17) is 5.11 Å². The third-order valence-corrected chi connectivity index (χ3v) is 5.72. The van der Waals surface area contributed by atoms with Crippen molar-refractivity contribution < 1.29 is 14.7 Å². The van der Waals surface area contributed by atoms with Crippen molar-refractivity contribution in [2.75, 3.05) is 6.26 Å². The average molecular weight is 325 g/mol. The SMILES string of the molecule is CSC1CCC(NC(=O)c2sccc2/C=C/C(=O)O)CC1. The van der Waals surface area contributed by atoms with E-state index in [0.29, 0.717) is 15.7 Å². The molecule has 1 aromatic heterocycles. The predicted molar refractivity (Wildman–Crippen MR) is 88.0 cm³/mol. The highest BCUT2D eigenvalue weighted by molar-refractivity contribution is 7.99. The van der Waals surface area contributed by atoms with E-state index in [2.05, 4.69) is 11.6 Å². The third kappa shape index (κ3) is 4.61. The van der Waals surface area contributed by atoms with Crippen LogP contribution in [0.25, 0.3) is 6.08 Å². The quantitative estimate of drug-likeness (QED) is 0.816. The van der Waals surface area contributed by atoms with Gasteiger partial charge < -0.3 is 10.4 Å². The molecule has 1 heterocycles. The minimum absolute atomic E-state index is 0.0948. The highest BCUT2D eigenvalue weighted by Gasteiger charge is 2.23. The molecule has 6 heteroatoms. The number of amides is 1. The number of carboxylic acids is 1. The zero-order valence-corrected chi connectivity index (χ0v) is 13.5. The Kier molecular flexibility index (Phi) is 5.87. The predicted octanol–water partition coefficient (Wildman–Crippen LogP) is 3.25. The number of carbonyl (C=O) groups is 2. The number of carbonyl (C=O) groups excluding carboxylic acids is 1. The zero-order chi connectivity index (χ0) is 15.2. The van der Waals surface area contributed by atoms with Crippen LogP contribution in [0, 0.1) is 0 Å². The first-order valence-corrected chi connectivity index (χ1v) is 9.09. The summed E-state index contributed by atoms with van der Waals surface area (Å²) < 4.78 is 0. The monoisotopic (exact) mass is 325 g/mol. The standard InChI is InChI=1S/C15H19NO3S2/c1-20-12-5-3-11(4-6-12)16-15(19)14-10(8-9-21-14)2-7-13(17)18/h2,7-9,11-12H,3-6H2,1H3,(H,16,19)(H,17,18)/b7-2+. The van der Waals surface area contributed by atoms with Gasteiger partial charge in [-0.05, 0) is 55.0 Å². The maximum atomic E-state index is 12.3. The molecule has 0 radical (unpaired) electrons. The molecule has 2 N–H and O–H groups in total. The second-order valence-corrected chi connectivity index (χ2v) is 7.11. The molecule has 0 aromatic carbocycles. The zero-order valence-electron chi connectivity index (χ0n) is 11.9. The van der Waals surface area contributed by atoms with E-state index in [-0.39, 0.29) is 11.9 Å². The van der Waals surface area contributed by atoms with Crippen molar-refractivity contribution in [2.24, 2.45) is 0 Å². The molecule has 2 rings (SSSR count). The molecule has 1 saturated carbocycles. The Morgan fingerprint density at radius 3 is 2.71 bits per heavy atom. The van der Waals surface area contributed by atoms with Crippen LogP contribution in [-0.4, -0.2) is 34.5 Å². The summed E-state index contributed by atoms with van der Waals surface area (Å²) >= 11 is 3.24. The molecule has 0 bridgehead atoms. The Balaban J connectivity index is 1.95. The van der Waals surface area contributed by atoms with Crippen LogP contribution in [0.2, 0.25) is 0 Å². The van der Waals surface area contributed by atoms with E-state index < -0.39 is 5.97 Å². The summed E-state index contributed by atoms with van der Waals surface area (Å²) in [6.07, 6.45) is 8.98. The van der Waals surface area contributed by atoms with Crippen molar-refractivity contribution in [1.82, 2.24) is 5.32 Å². The number of aliphatic carboxylic acids is 1. The van der Waals surface area contributed by atoms with Gasteiger partial charge in [-0.2, -0.15) is 11.8 Å². The van der Waals surface area contributed by atoms with Gasteiger partial charge in [0.15, 0.2) is 0 Å². The number of thioether (sulfide) groups is 1. The van der Waals surface area contributed by atoms with Gasteiger partial charge in [0.2, 0.25) is 0 Å². The molecule has 0 saturated heterocycles. The Bertz CT molecular complexity index is 531. The van der Waals surface area contributed by atoms with E-state index in [9.17, 15) is 9.59 Å². The van der Waals surface area contributed by atoms with Crippen LogP contribution in [-0.2, 0) is 4.79 Å². The summed E-state index contributed by atoms with van der Waals surface area (Å²) in [6, 6.07) is 2.00. The van der Waals surface area contributed by atoms with Crippen molar-refractivity contribution in [3.8, 4) is 0 Å². The van der Waals surface area contributed by atoms with Crippen molar-refractivity contribution in [3.05, 3.63) is 28.0 Å². The molecule has 0 unspecified atom stereocenters. The fourth-order valence-electron chi connectivity index (χ4n) is 2.49. The van der Waals surface area contributed by atoms with E-state index in [1.165, 1.54) is 17.4 Å². The Morgan fingerprint density at radius 2 is 2.10 bits per heavy atom. The van der Waals surface area contributed by atoms with Crippen LogP contribution in [0.15, 0.2) is 17.5 Å². The van der Waals surface area contributed by atoms with E-state index in [0.717, 1.165) is 31.8 Å². The number of rotatable bonds is 5. The van der Waals surface area contributed by atoms with Gasteiger partial charge in [0.25, 0.3) is 5.91 Å². The Hall–Kier alpha value is -1.27. The van der Waals surface area contributed by atoms with Gasteiger partial charge in [-0.3, -0.25) is 4.79 Å². The molecule has 1 fully saturated rings. The number of hydrogen-bond acceptors (Lipinski definition) is 4. The third-order valence-electron chi connectivity index (χ3n) is 3.65. The lowest BCUT2D eigenvalue weighted by atomic mass is 9.95. The molecule has 0 atom stereocenters. The van der Waals surface area contributed by atoms with Crippen LogP contribution in [0.3, 0.4) is 0 Å². The molecule has 1 amide bonds. The van der Waals surface area contributed by atoms with Gasteiger partial charge in [0.05, 0.1) is 4.88 Å². The second-order valence-electron chi connectivity index (χ2n) is 5.06. The molecule has 21 heavy (non-hydrogen) atoms. The number of thiophene rings is 1. The Morgan fingerprint density at radius 1 is 1.38 bits per heavy atom. The topological polar surface area (TPSA) is 66.4 Å². The van der Waals surface area contributed by atoms with Gasteiger partial charge in [-0.15, -0.1) is 11.3 Å². The first-order chi connectivity index (χ1) is 10.1. The van der Waals surface area contributed by atoms with Crippen LogP contribution in [0.1, 0.15) is 40.9 Å². The number of hydrogen-bond donors (Lipinski definition) is 2. The molecule has 1 aliphatic carbocycles. The summed E-state index contributed by atoms with van der Waals surface area (Å²) in [4.78, 5) is 23.5. The lowest BCUT2D eigenvalue weighted by Gasteiger charge is -2.27. The molecule has 0 spiro atoms. The highest BCUT2D eigenvalue weighted by Crippen LogP contribution is 2.27. The normalized spacial score (nSPS) is 22.3. The Labute approximate surface area is 132 Å². The maximum Gasteiger partial charge on any atom is 0.328 e. The second kappa shape index (κ2) is 7.66. The summed E-state index contributed by atoms with van der Waals surface area (Å²) in [5.74, 6) is -1.11. The summed E-state index contributed by atoms with van der Waals surface area (Å²) in [5.41, 5.74) is 0.665. The van der Waals surface area contributed by atoms with Crippen LogP contribution in [0.4, 0.5) is 0 Å². The molecule has 4 nitrogen and oxygen atoms in total. The smallest absolute Gasteiger partial charge is 0.328 e. The van der Waals surface area contributed by atoms with Gasteiger partial charge >= 0.3 is 5.97 Å². The first kappa shape index (κ1) is 16.1. The van der Waals surface area contributed by atoms with Crippen molar-refractivity contribution in [1.29, 1.82) is 0 Å². The molecule has 1 aromatic rings. The van der Waals surface area contributed by atoms with Crippen molar-refractivity contribution >= 4 is 41.1 Å². The average Bonchev–Trinajstić information content (AvgIpc) is 2.94. The van der Waals surface area contributed by atoms with Crippen molar-refractivity contribution in [2.45, 2.75) is 37.0 Å². The van der Waals surface area contributed by atoms with E-state index in [1.807, 2.05) is 11.8 Å². The largest absolute Gasteiger partial charge is 0.478 e. The molecule has 0 aliphatic heterocycles. The minimum atomic E-state index is -1.01. The fourth-order valence-corrected chi connectivity index (χ4v) is 4.02. The number of carboxylic acid groups (broad SMARTS) is 1. The van der Waals surface area contributed by atoms with Gasteiger partial charge in [0.1, 0.15) is 0 Å². The maximum absolute atomic E-state index is 12.3. The molecule has 1 aliphatic rings. The van der Waals surface area contributed by atoms with E-state index in [1.54, 1.807) is 11.4 Å². The summed E-state index contributed by atoms with van der Waals surface area (Å²) in [6.45, 7) is 0. The molecular weight excluding hydrogens is 306 g/mol. The van der Waals surface area contributed by atoms with Gasteiger partial charge in [0, 0.05) is 17.4 Å². The van der Waals surface area contributed by atoms with Gasteiger partial charge in [-0.25, -0.2) is 4.79 Å². The number of nitrogens with one attached hydrogen (secondary N) is 1. The minimum Gasteiger partial charge on any atom is -0.478 e. The fraction of sp³-hybridized carbons (Fsp3) is 0.467. The van der Waals surface area contributed by atoms with E-state index >= 15 is 0 Å². The van der Waals surface area contributed by atoms with Crippen molar-refractivity contribution in [3.63, 3.8) is 0 Å². The lowest BCUT2D eigenvalue weighted by molar-refractivity contribution is -0.131. The lowest BCUT2D eigenvalue weighted by Crippen LogP contribution is -2.38. The summed E-state index contributed by atoms with van der Waals surface area (Å²) in [7, 11) is 0. The molecule has 114 valence electrons. The van der Waals surface area contributed by atoms with Gasteiger partial charge in [-0.1, -0.05) is 0 Å². The highest BCUT2D eigenvalue weighted by atomic mass is 32.2. The van der Waals surface area contributed by atoms with Crippen LogP contribution in [0.5, 0.6) is 0 Å². The van der Waals surface area contributed by atoms with Crippen LogP contribution >= 0.6 is 23.1 Å². The summed E-state index contributed by atoms with van der Waals surface area (Å²) in [5, 5.41) is 14.3. The van der Waals surface area contributed by atoms with Crippen LogP contribution < -0.4 is 5.32 Å². The molecular formula is C15H19NO3S2.